The summed E-state index contributed by atoms with van der Waals surface area (Å²) in [6.07, 6.45) is 1.72. The van der Waals surface area contributed by atoms with Gasteiger partial charge in [0.05, 0.1) is 5.69 Å². The Morgan fingerprint density at radius 2 is 1.71 bits per heavy atom. The van der Waals surface area contributed by atoms with Gasteiger partial charge in [0.25, 0.3) is 5.91 Å². The number of amides is 1. The SMILES string of the molecule is O=C(O)CNc1cc(C(=O)Nc2ccccc2-c2nc3cccnc3s2)nc(-c2ccccc2)n1. The van der Waals surface area contributed by atoms with Gasteiger partial charge in [-0.1, -0.05) is 53.8 Å². The van der Waals surface area contributed by atoms with Crippen molar-refractivity contribution < 1.29 is 14.7 Å². The Morgan fingerprint density at radius 3 is 2.51 bits per heavy atom. The van der Waals surface area contributed by atoms with E-state index in [0.717, 1.165) is 20.9 Å². The third-order valence-corrected chi connectivity index (χ3v) is 6.00. The molecule has 0 aliphatic rings. The number of rotatable bonds is 7. The summed E-state index contributed by atoms with van der Waals surface area (Å²) in [5, 5.41) is 15.4. The molecule has 0 spiro atoms. The maximum atomic E-state index is 13.3. The predicted molar refractivity (Wildman–Crippen MR) is 134 cm³/mol. The molecule has 0 fully saturated rings. The van der Waals surface area contributed by atoms with E-state index < -0.39 is 11.9 Å². The molecule has 0 atom stereocenters. The minimum atomic E-state index is -1.05. The fourth-order valence-electron chi connectivity index (χ4n) is 3.39. The van der Waals surface area contributed by atoms with Crippen LogP contribution in [0.5, 0.6) is 0 Å². The van der Waals surface area contributed by atoms with Crippen molar-refractivity contribution in [1.29, 1.82) is 0 Å². The molecule has 5 rings (SSSR count). The summed E-state index contributed by atoms with van der Waals surface area (Å²) in [4.78, 5) is 42.9. The fourth-order valence-corrected chi connectivity index (χ4v) is 4.33. The van der Waals surface area contributed by atoms with E-state index in [9.17, 15) is 9.59 Å². The van der Waals surface area contributed by atoms with Gasteiger partial charge in [-0.05, 0) is 24.3 Å². The zero-order chi connectivity index (χ0) is 24.2. The first-order chi connectivity index (χ1) is 17.1. The standard InChI is InChI=1S/C25H18N6O3S/c32-21(33)14-27-20-13-19(28-22(31-20)15-7-2-1-3-8-15)23(34)29-17-10-5-4-9-16(17)24-30-18-11-6-12-26-25(18)35-24/h1-13H,14H2,(H,29,34)(H,32,33)(H,27,28,31). The molecule has 9 nitrogen and oxygen atoms in total. The molecule has 10 heteroatoms. The van der Waals surface area contributed by atoms with Crippen LogP contribution in [0.2, 0.25) is 0 Å². The smallest absolute Gasteiger partial charge is 0.322 e. The maximum Gasteiger partial charge on any atom is 0.322 e. The first-order valence-electron chi connectivity index (χ1n) is 10.6. The first-order valence-corrected chi connectivity index (χ1v) is 11.4. The van der Waals surface area contributed by atoms with Crippen molar-refractivity contribution in [2.75, 3.05) is 17.2 Å². The lowest BCUT2D eigenvalue weighted by molar-refractivity contribution is -0.134. The van der Waals surface area contributed by atoms with Crippen LogP contribution < -0.4 is 10.6 Å². The van der Waals surface area contributed by atoms with E-state index in [1.807, 2.05) is 60.7 Å². The molecule has 0 radical (unpaired) electrons. The predicted octanol–water partition coefficient (Wildman–Crippen LogP) is 4.56. The Morgan fingerprint density at radius 1 is 0.914 bits per heavy atom. The van der Waals surface area contributed by atoms with Gasteiger partial charge in [0.15, 0.2) is 5.82 Å². The number of carboxylic acid groups (broad SMARTS) is 1. The highest BCUT2D eigenvalue weighted by Crippen LogP contribution is 2.33. The molecule has 0 saturated heterocycles. The van der Waals surface area contributed by atoms with Crippen molar-refractivity contribution in [2.45, 2.75) is 0 Å². The minimum Gasteiger partial charge on any atom is -0.480 e. The average Bonchev–Trinajstić information content (AvgIpc) is 3.32. The van der Waals surface area contributed by atoms with Gasteiger partial charge < -0.3 is 15.7 Å². The fraction of sp³-hybridized carbons (Fsp3) is 0.0400. The summed E-state index contributed by atoms with van der Waals surface area (Å²) in [6, 6.07) is 21.7. The van der Waals surface area contributed by atoms with Gasteiger partial charge in [-0.15, -0.1) is 0 Å². The normalized spacial score (nSPS) is 10.7. The monoisotopic (exact) mass is 482 g/mol. The molecule has 3 heterocycles. The molecule has 3 aromatic heterocycles. The second kappa shape index (κ2) is 9.65. The van der Waals surface area contributed by atoms with Crippen molar-refractivity contribution in [3.8, 4) is 22.0 Å². The highest BCUT2D eigenvalue weighted by atomic mass is 32.1. The van der Waals surface area contributed by atoms with Gasteiger partial charge in [-0.25, -0.2) is 19.9 Å². The van der Waals surface area contributed by atoms with Crippen LogP contribution in [0.4, 0.5) is 11.5 Å². The lowest BCUT2D eigenvalue weighted by Gasteiger charge is -2.11. The molecular weight excluding hydrogens is 464 g/mol. The summed E-state index contributed by atoms with van der Waals surface area (Å²) in [7, 11) is 0. The van der Waals surface area contributed by atoms with E-state index in [4.69, 9.17) is 5.11 Å². The molecule has 0 bridgehead atoms. The Hall–Kier alpha value is -4.70. The number of thiazole rings is 1. The number of nitrogens with zero attached hydrogens (tertiary/aromatic N) is 4. The number of pyridine rings is 1. The number of carboxylic acids is 1. The summed E-state index contributed by atoms with van der Waals surface area (Å²) < 4.78 is 0. The lowest BCUT2D eigenvalue weighted by Crippen LogP contribution is -2.18. The second-order valence-electron chi connectivity index (χ2n) is 7.42. The van der Waals surface area contributed by atoms with Crippen LogP contribution in [0.25, 0.3) is 32.3 Å². The molecule has 0 unspecified atom stereocenters. The molecule has 5 aromatic rings. The highest BCUT2D eigenvalue weighted by molar-refractivity contribution is 7.21. The molecule has 0 saturated carbocycles. The van der Waals surface area contributed by atoms with Crippen LogP contribution in [-0.4, -0.2) is 43.5 Å². The number of aliphatic carboxylic acids is 1. The van der Waals surface area contributed by atoms with Gasteiger partial charge in [-0.3, -0.25) is 9.59 Å². The van der Waals surface area contributed by atoms with Crippen molar-refractivity contribution in [3.05, 3.63) is 84.7 Å². The van der Waals surface area contributed by atoms with Crippen molar-refractivity contribution in [3.63, 3.8) is 0 Å². The second-order valence-corrected chi connectivity index (χ2v) is 8.40. The number of hydrogen-bond acceptors (Lipinski definition) is 8. The van der Waals surface area contributed by atoms with E-state index in [1.165, 1.54) is 17.4 Å². The highest BCUT2D eigenvalue weighted by Gasteiger charge is 2.17. The molecule has 1 amide bonds. The quantitative estimate of drug-likeness (QED) is 0.308. The van der Waals surface area contributed by atoms with Crippen molar-refractivity contribution in [1.82, 2.24) is 19.9 Å². The number of anilines is 2. The zero-order valence-corrected chi connectivity index (χ0v) is 19.0. The number of nitrogens with one attached hydrogen (secondary N) is 2. The largest absolute Gasteiger partial charge is 0.480 e. The number of hydrogen-bond donors (Lipinski definition) is 3. The van der Waals surface area contributed by atoms with E-state index in [2.05, 4.69) is 30.6 Å². The molecule has 35 heavy (non-hydrogen) atoms. The average molecular weight is 483 g/mol. The topological polar surface area (TPSA) is 130 Å². The van der Waals surface area contributed by atoms with E-state index in [0.29, 0.717) is 17.1 Å². The zero-order valence-electron chi connectivity index (χ0n) is 18.2. The maximum absolute atomic E-state index is 13.3. The van der Waals surface area contributed by atoms with Crippen LogP contribution in [0.1, 0.15) is 10.5 Å². The molecule has 172 valence electrons. The van der Waals surface area contributed by atoms with Crippen LogP contribution in [0.3, 0.4) is 0 Å². The third-order valence-electron chi connectivity index (χ3n) is 4.98. The van der Waals surface area contributed by atoms with Crippen molar-refractivity contribution in [2.24, 2.45) is 0 Å². The number of fused-ring (bicyclic) bond motifs is 1. The molecule has 0 aliphatic heterocycles. The van der Waals surface area contributed by atoms with Gasteiger partial charge in [0, 0.05) is 23.4 Å². The van der Waals surface area contributed by atoms with Gasteiger partial charge in [-0.2, -0.15) is 0 Å². The van der Waals surface area contributed by atoms with Crippen LogP contribution in [0, 0.1) is 0 Å². The van der Waals surface area contributed by atoms with Gasteiger partial charge in [0.2, 0.25) is 0 Å². The summed E-state index contributed by atoms with van der Waals surface area (Å²) >= 11 is 1.43. The summed E-state index contributed by atoms with van der Waals surface area (Å²) in [5.74, 6) is -0.974. The van der Waals surface area contributed by atoms with Gasteiger partial charge >= 0.3 is 5.97 Å². The van der Waals surface area contributed by atoms with Crippen LogP contribution in [0.15, 0.2) is 79.0 Å². The van der Waals surface area contributed by atoms with Crippen LogP contribution >= 0.6 is 11.3 Å². The first kappa shape index (κ1) is 22.1. The van der Waals surface area contributed by atoms with E-state index >= 15 is 0 Å². The number of carbonyl (C=O) groups excluding carboxylic acids is 1. The number of benzene rings is 2. The Balaban J connectivity index is 1.49. The summed E-state index contributed by atoms with van der Waals surface area (Å²) in [6.45, 7) is -0.346. The number of aromatic nitrogens is 4. The molecule has 0 aliphatic carbocycles. The molecule has 2 aromatic carbocycles. The summed E-state index contributed by atoms with van der Waals surface area (Å²) in [5.41, 5.74) is 2.89. The van der Waals surface area contributed by atoms with Gasteiger partial charge in [0.1, 0.15) is 33.4 Å². The molecule has 3 N–H and O–H groups in total. The lowest BCUT2D eigenvalue weighted by atomic mass is 10.1. The van der Waals surface area contributed by atoms with E-state index in [-0.39, 0.29) is 18.1 Å². The molecular formula is C25H18N6O3S. The Kier molecular flexibility index (Phi) is 6.10. The third kappa shape index (κ3) is 4.97. The Labute approximate surface area is 203 Å². The number of para-hydroxylation sites is 1. The van der Waals surface area contributed by atoms with Crippen molar-refractivity contribution >= 4 is 45.1 Å². The Bertz CT molecular complexity index is 1500. The minimum absolute atomic E-state index is 0.0903. The number of carbonyl (C=O) groups is 2. The van der Waals surface area contributed by atoms with Crippen LogP contribution in [-0.2, 0) is 4.79 Å². The van der Waals surface area contributed by atoms with E-state index in [1.54, 1.807) is 12.3 Å².